The molecule has 1 aliphatic heterocycles. The van der Waals surface area contributed by atoms with Crippen LogP contribution in [0, 0.1) is 5.41 Å². The number of carbonyl (C=O) groups excluding carboxylic acids is 2. The second-order valence-corrected chi connectivity index (χ2v) is 9.52. The summed E-state index contributed by atoms with van der Waals surface area (Å²) in [5.74, 6) is -1.59. The summed E-state index contributed by atoms with van der Waals surface area (Å²) in [6.07, 6.45) is 0.0191. The topological polar surface area (TPSA) is 191 Å². The SMILES string of the molecule is Nc1noc2ccc(CC3(Cc4ccc5onc(N)c5c4)C(=O)N(C(=O)Nc4ccccc4)[C@@H]3C(=O)O)cc12. The van der Waals surface area contributed by atoms with Gasteiger partial charge in [0, 0.05) is 5.69 Å². The zero-order valence-electron chi connectivity index (χ0n) is 20.3. The highest BCUT2D eigenvalue weighted by Gasteiger charge is 2.66. The molecule has 3 aromatic carbocycles. The Balaban J connectivity index is 1.41. The van der Waals surface area contributed by atoms with E-state index < -0.39 is 29.4 Å². The number of β-lactam (4-membered cyclic amide) rings is 1. The fourth-order valence-corrected chi connectivity index (χ4v) is 5.28. The summed E-state index contributed by atoms with van der Waals surface area (Å²) in [7, 11) is 0. The molecule has 0 spiro atoms. The van der Waals surface area contributed by atoms with Gasteiger partial charge in [-0.1, -0.05) is 40.6 Å². The van der Waals surface area contributed by atoms with Gasteiger partial charge in [0.05, 0.1) is 16.2 Å². The lowest BCUT2D eigenvalue weighted by Crippen LogP contribution is -2.75. The van der Waals surface area contributed by atoms with Crippen LogP contribution >= 0.6 is 0 Å². The molecule has 12 nitrogen and oxygen atoms in total. The number of nitrogens with two attached hydrogens (primary N) is 2. The van der Waals surface area contributed by atoms with E-state index in [1.54, 1.807) is 66.7 Å². The van der Waals surface area contributed by atoms with Crippen molar-refractivity contribution in [2.24, 2.45) is 5.41 Å². The first-order valence-electron chi connectivity index (χ1n) is 12.0. The minimum atomic E-state index is -1.50. The number of hydrogen-bond donors (Lipinski definition) is 4. The second kappa shape index (κ2) is 8.87. The molecule has 12 heteroatoms. The van der Waals surface area contributed by atoms with E-state index in [1.807, 2.05) is 0 Å². The first kappa shape index (κ1) is 24.0. The standard InChI is InChI=1S/C27H22N6O6/c28-22-17-10-14(6-8-19(17)38-31-22)12-27(13-15-7-9-20-18(11-15)23(29)32-39-20)21(24(34)35)33(25(27)36)26(37)30-16-4-2-1-3-5-16/h1-11,21H,12-13H2,(H2,28,31)(H2,29,32)(H,30,37)(H,34,35)/t21-/m1/s1. The van der Waals surface area contributed by atoms with Crippen LogP contribution in [0.2, 0.25) is 0 Å². The smallest absolute Gasteiger partial charge is 0.329 e. The summed E-state index contributed by atoms with van der Waals surface area (Å²) in [5, 5.41) is 21.5. The lowest BCUT2D eigenvalue weighted by molar-refractivity contribution is -0.178. The van der Waals surface area contributed by atoms with Crippen molar-refractivity contribution in [1.29, 1.82) is 0 Å². The van der Waals surface area contributed by atoms with Crippen molar-refractivity contribution in [2.45, 2.75) is 18.9 Å². The average Bonchev–Trinajstić information content (AvgIpc) is 3.48. The molecule has 3 heterocycles. The van der Waals surface area contributed by atoms with E-state index in [0.717, 1.165) is 4.90 Å². The van der Waals surface area contributed by atoms with Gasteiger partial charge in [-0.25, -0.2) is 14.5 Å². The number of nitrogen functional groups attached to an aromatic ring is 2. The third kappa shape index (κ3) is 3.89. The Morgan fingerprint density at radius 1 is 0.897 bits per heavy atom. The molecule has 1 aliphatic rings. The van der Waals surface area contributed by atoms with Gasteiger partial charge < -0.3 is 30.9 Å². The highest BCUT2D eigenvalue weighted by atomic mass is 16.5. The number of likely N-dealkylation sites (tertiary alicyclic amines) is 1. The van der Waals surface area contributed by atoms with Gasteiger partial charge in [0.15, 0.2) is 28.8 Å². The average molecular weight is 527 g/mol. The number of para-hydroxylation sites is 1. The van der Waals surface area contributed by atoms with E-state index in [-0.39, 0.29) is 24.5 Å². The molecule has 0 aliphatic carbocycles. The molecule has 3 amide bonds. The lowest BCUT2D eigenvalue weighted by Gasteiger charge is -2.52. The maximum atomic E-state index is 13.9. The maximum absolute atomic E-state index is 13.9. The predicted octanol–water partition coefficient (Wildman–Crippen LogP) is 3.43. The highest BCUT2D eigenvalue weighted by Crippen LogP contribution is 2.46. The van der Waals surface area contributed by atoms with Crippen molar-refractivity contribution in [3.8, 4) is 0 Å². The van der Waals surface area contributed by atoms with Gasteiger partial charge in [0.25, 0.3) is 0 Å². The number of benzene rings is 3. The largest absolute Gasteiger partial charge is 0.480 e. The number of carbonyl (C=O) groups is 3. The Bertz CT molecular complexity index is 1680. The Kier molecular flexibility index (Phi) is 5.45. The van der Waals surface area contributed by atoms with Gasteiger partial charge in [0.2, 0.25) is 5.91 Å². The number of fused-ring (bicyclic) bond motifs is 2. The van der Waals surface area contributed by atoms with Crippen molar-refractivity contribution in [3.63, 3.8) is 0 Å². The summed E-state index contributed by atoms with van der Waals surface area (Å²) < 4.78 is 10.4. The molecule has 39 heavy (non-hydrogen) atoms. The van der Waals surface area contributed by atoms with E-state index in [1.165, 1.54) is 0 Å². The zero-order valence-corrected chi connectivity index (χ0v) is 20.3. The summed E-state index contributed by atoms with van der Waals surface area (Å²) in [4.78, 5) is 40.5. The van der Waals surface area contributed by atoms with Crippen LogP contribution in [-0.4, -0.2) is 44.3 Å². The molecule has 5 aromatic rings. The Hall–Kier alpha value is -5.39. The second-order valence-electron chi connectivity index (χ2n) is 9.52. The predicted molar refractivity (Wildman–Crippen MR) is 140 cm³/mol. The van der Waals surface area contributed by atoms with Gasteiger partial charge in [-0.2, -0.15) is 0 Å². The van der Waals surface area contributed by atoms with Gasteiger partial charge in [-0.15, -0.1) is 0 Å². The molecule has 6 rings (SSSR count). The number of aliphatic carboxylic acids is 1. The van der Waals surface area contributed by atoms with Crippen LogP contribution in [0.25, 0.3) is 21.9 Å². The summed E-state index contributed by atoms with van der Waals surface area (Å²) in [6.45, 7) is 0. The molecule has 1 fully saturated rings. The van der Waals surface area contributed by atoms with Crippen molar-refractivity contribution in [3.05, 3.63) is 77.9 Å². The number of aromatic nitrogens is 2. The molecular weight excluding hydrogens is 504 g/mol. The maximum Gasteiger partial charge on any atom is 0.329 e. The monoisotopic (exact) mass is 526 g/mol. The van der Waals surface area contributed by atoms with Gasteiger partial charge in [0.1, 0.15) is 0 Å². The van der Waals surface area contributed by atoms with Crippen LogP contribution in [0.3, 0.4) is 0 Å². The number of rotatable bonds is 6. The summed E-state index contributed by atoms with van der Waals surface area (Å²) in [6, 6.07) is 16.4. The van der Waals surface area contributed by atoms with Crippen LogP contribution in [0.5, 0.6) is 0 Å². The number of hydrogen-bond acceptors (Lipinski definition) is 9. The number of anilines is 3. The number of carboxylic acids is 1. The van der Waals surface area contributed by atoms with Crippen molar-refractivity contribution in [1.82, 2.24) is 15.2 Å². The van der Waals surface area contributed by atoms with Crippen LogP contribution in [0.4, 0.5) is 22.1 Å². The Morgan fingerprint density at radius 3 is 1.95 bits per heavy atom. The van der Waals surface area contributed by atoms with Crippen LogP contribution in [-0.2, 0) is 22.4 Å². The Morgan fingerprint density at radius 2 is 1.44 bits per heavy atom. The van der Waals surface area contributed by atoms with Gasteiger partial charge in [-0.3, -0.25) is 4.79 Å². The van der Waals surface area contributed by atoms with Crippen molar-refractivity contribution in [2.75, 3.05) is 16.8 Å². The molecule has 0 radical (unpaired) electrons. The quantitative estimate of drug-likeness (QED) is 0.238. The highest BCUT2D eigenvalue weighted by molar-refractivity contribution is 6.13. The molecule has 2 aromatic heterocycles. The minimum absolute atomic E-state index is 0.00956. The first-order chi connectivity index (χ1) is 18.8. The lowest BCUT2D eigenvalue weighted by atomic mass is 9.63. The summed E-state index contributed by atoms with van der Waals surface area (Å²) in [5.41, 5.74) is 12.9. The van der Waals surface area contributed by atoms with Crippen molar-refractivity contribution >= 4 is 57.2 Å². The fourth-order valence-electron chi connectivity index (χ4n) is 5.28. The number of carboxylic acid groups (broad SMARTS) is 1. The van der Waals surface area contributed by atoms with E-state index in [2.05, 4.69) is 15.6 Å². The van der Waals surface area contributed by atoms with Crippen LogP contribution in [0.15, 0.2) is 75.8 Å². The van der Waals surface area contributed by atoms with Gasteiger partial charge in [-0.05, 0) is 60.4 Å². The molecule has 6 N–H and O–H groups in total. The van der Waals surface area contributed by atoms with Crippen molar-refractivity contribution < 1.29 is 28.5 Å². The number of urea groups is 1. The molecule has 196 valence electrons. The Labute approximate surface area is 220 Å². The number of imide groups is 1. The fraction of sp³-hybridized carbons (Fsp3) is 0.148. The molecule has 1 saturated heterocycles. The van der Waals surface area contributed by atoms with Gasteiger partial charge >= 0.3 is 12.0 Å². The third-order valence-corrected chi connectivity index (χ3v) is 7.07. The molecule has 0 bridgehead atoms. The molecule has 1 atom stereocenters. The minimum Gasteiger partial charge on any atom is -0.480 e. The third-order valence-electron chi connectivity index (χ3n) is 7.07. The van der Waals surface area contributed by atoms with E-state index >= 15 is 0 Å². The summed E-state index contributed by atoms with van der Waals surface area (Å²) >= 11 is 0. The first-order valence-corrected chi connectivity index (χ1v) is 12.0. The molecular formula is C27H22N6O6. The molecule has 0 saturated carbocycles. The number of nitrogens with zero attached hydrogens (tertiary/aromatic N) is 3. The number of amides is 3. The van der Waals surface area contributed by atoms with Crippen LogP contribution in [0.1, 0.15) is 11.1 Å². The van der Waals surface area contributed by atoms with E-state index in [4.69, 9.17) is 20.5 Å². The normalized spacial score (nSPS) is 16.4. The van der Waals surface area contributed by atoms with Crippen LogP contribution < -0.4 is 16.8 Å². The number of nitrogens with one attached hydrogen (secondary N) is 1. The van der Waals surface area contributed by atoms with E-state index in [9.17, 15) is 19.5 Å². The zero-order chi connectivity index (χ0) is 27.3. The molecule has 0 unspecified atom stereocenters. The van der Waals surface area contributed by atoms with E-state index in [0.29, 0.717) is 38.8 Å².